The summed E-state index contributed by atoms with van der Waals surface area (Å²) in [5.74, 6) is 0.665. The van der Waals surface area contributed by atoms with E-state index >= 15 is 0 Å². The van der Waals surface area contributed by atoms with Gasteiger partial charge in [0.05, 0.1) is 17.8 Å². The van der Waals surface area contributed by atoms with Crippen molar-refractivity contribution in [2.24, 2.45) is 0 Å². The van der Waals surface area contributed by atoms with Crippen molar-refractivity contribution >= 4 is 11.8 Å². The SMILES string of the molecule is Cc1ccc(Cn2c(-c3ccc(Oc4cccc(NC(=O)O)c4)cc3)cc(C(F)(F)F)c(C#N)c2=O)c(C)c1. The molecule has 0 aliphatic rings. The number of nitrogens with zero attached hydrogens (tertiary/aromatic N) is 2. The zero-order valence-corrected chi connectivity index (χ0v) is 20.8. The first-order valence-electron chi connectivity index (χ1n) is 11.7. The Kier molecular flexibility index (Phi) is 7.44. The topological polar surface area (TPSA) is 104 Å². The summed E-state index contributed by atoms with van der Waals surface area (Å²) in [6, 6.07) is 20.1. The third kappa shape index (κ3) is 6.10. The normalized spacial score (nSPS) is 11.1. The molecule has 0 saturated carbocycles. The summed E-state index contributed by atoms with van der Waals surface area (Å²) >= 11 is 0. The smallest absolute Gasteiger partial charge is 0.417 e. The molecule has 0 radical (unpaired) electrons. The standard InChI is InChI=1S/C29H22F3N3O4/c1-17-6-7-20(18(2)12-17)16-35-26(14-25(29(30,31)32)24(15-33)27(35)36)19-8-10-22(11-9-19)39-23-5-3-4-21(13-23)34-28(37)38/h3-14,34H,16H2,1-2H3,(H,37,38). The third-order valence-electron chi connectivity index (χ3n) is 6.02. The van der Waals surface area contributed by atoms with Gasteiger partial charge < -0.3 is 14.4 Å². The van der Waals surface area contributed by atoms with Crippen LogP contribution in [0.15, 0.2) is 77.6 Å². The van der Waals surface area contributed by atoms with Crippen LogP contribution in [0.4, 0.5) is 23.7 Å². The Balaban J connectivity index is 1.77. The number of nitriles is 1. The van der Waals surface area contributed by atoms with Crippen LogP contribution in [0.2, 0.25) is 0 Å². The van der Waals surface area contributed by atoms with Crippen molar-refractivity contribution in [3.05, 3.63) is 111 Å². The van der Waals surface area contributed by atoms with Crippen molar-refractivity contribution in [3.63, 3.8) is 0 Å². The van der Waals surface area contributed by atoms with Gasteiger partial charge in [-0.15, -0.1) is 0 Å². The number of ether oxygens (including phenoxy) is 1. The van der Waals surface area contributed by atoms with Crippen molar-refractivity contribution in [2.75, 3.05) is 5.32 Å². The number of halogens is 3. The minimum atomic E-state index is -4.91. The molecule has 10 heteroatoms. The minimum Gasteiger partial charge on any atom is -0.465 e. The van der Waals surface area contributed by atoms with Gasteiger partial charge in [0.2, 0.25) is 0 Å². The van der Waals surface area contributed by atoms with Crippen molar-refractivity contribution < 1.29 is 27.8 Å². The van der Waals surface area contributed by atoms with Crippen molar-refractivity contribution in [2.45, 2.75) is 26.6 Å². The fourth-order valence-corrected chi connectivity index (χ4v) is 4.16. The highest BCUT2D eigenvalue weighted by molar-refractivity contribution is 5.83. The first kappa shape index (κ1) is 27.0. The molecule has 0 fully saturated rings. The second kappa shape index (κ2) is 10.8. The Hall–Kier alpha value is -5.04. The number of nitrogens with one attached hydrogen (secondary N) is 1. The van der Waals surface area contributed by atoms with Crippen molar-refractivity contribution in [1.82, 2.24) is 4.57 Å². The molecule has 0 aliphatic carbocycles. The van der Waals surface area contributed by atoms with E-state index in [0.717, 1.165) is 22.8 Å². The summed E-state index contributed by atoms with van der Waals surface area (Å²) in [7, 11) is 0. The number of aromatic nitrogens is 1. The Morgan fingerprint density at radius 3 is 2.36 bits per heavy atom. The van der Waals surface area contributed by atoms with E-state index in [1.54, 1.807) is 24.3 Å². The zero-order valence-electron chi connectivity index (χ0n) is 20.8. The maximum atomic E-state index is 13.8. The molecule has 7 nitrogen and oxygen atoms in total. The number of alkyl halides is 3. The predicted octanol–water partition coefficient (Wildman–Crippen LogP) is 6.95. The molecule has 4 rings (SSSR count). The quantitative estimate of drug-likeness (QED) is 0.279. The Morgan fingerprint density at radius 2 is 1.74 bits per heavy atom. The number of hydrogen-bond acceptors (Lipinski definition) is 4. The average Bonchev–Trinajstić information content (AvgIpc) is 2.86. The Labute approximate surface area is 221 Å². The number of rotatable bonds is 6. The van der Waals surface area contributed by atoms with E-state index in [4.69, 9.17) is 9.84 Å². The van der Waals surface area contributed by atoms with Crippen LogP contribution < -0.4 is 15.6 Å². The second-order valence-electron chi connectivity index (χ2n) is 8.83. The maximum Gasteiger partial charge on any atom is 0.417 e. The Bertz CT molecular complexity index is 1650. The van der Waals surface area contributed by atoms with Crippen LogP contribution in [-0.4, -0.2) is 15.8 Å². The lowest BCUT2D eigenvalue weighted by Gasteiger charge is -2.19. The lowest BCUT2D eigenvalue weighted by atomic mass is 10.0. The molecule has 0 aliphatic heterocycles. The monoisotopic (exact) mass is 533 g/mol. The van der Waals surface area contributed by atoms with Crippen molar-refractivity contribution in [3.8, 4) is 28.8 Å². The van der Waals surface area contributed by atoms with Crippen LogP contribution in [0.3, 0.4) is 0 Å². The van der Waals surface area contributed by atoms with Gasteiger partial charge in [-0.05, 0) is 73.0 Å². The van der Waals surface area contributed by atoms with Gasteiger partial charge in [0, 0.05) is 11.8 Å². The second-order valence-corrected chi connectivity index (χ2v) is 8.83. The van der Waals surface area contributed by atoms with E-state index in [2.05, 4.69) is 5.32 Å². The summed E-state index contributed by atoms with van der Waals surface area (Å²) in [5.41, 5.74) is -0.137. The molecule has 198 valence electrons. The summed E-state index contributed by atoms with van der Waals surface area (Å²) in [5, 5.41) is 20.5. The van der Waals surface area contributed by atoms with Gasteiger partial charge in [-0.1, -0.05) is 29.8 Å². The minimum absolute atomic E-state index is 0.00879. The maximum absolute atomic E-state index is 13.8. The number of benzene rings is 3. The lowest BCUT2D eigenvalue weighted by molar-refractivity contribution is -0.137. The molecule has 0 unspecified atom stereocenters. The molecule has 0 atom stereocenters. The van der Waals surface area contributed by atoms with E-state index < -0.39 is 29.0 Å². The number of carbonyl (C=O) groups is 1. The predicted molar refractivity (Wildman–Crippen MR) is 139 cm³/mol. The summed E-state index contributed by atoms with van der Waals surface area (Å²) in [4.78, 5) is 24.1. The van der Waals surface area contributed by atoms with Crippen LogP contribution in [0.25, 0.3) is 11.3 Å². The van der Waals surface area contributed by atoms with E-state index in [0.29, 0.717) is 22.7 Å². The summed E-state index contributed by atoms with van der Waals surface area (Å²) in [6.45, 7) is 3.72. The number of carboxylic acid groups (broad SMARTS) is 1. The molecular weight excluding hydrogens is 511 g/mol. The molecule has 0 saturated heterocycles. The first-order chi connectivity index (χ1) is 18.5. The van der Waals surface area contributed by atoms with E-state index in [1.165, 1.54) is 41.0 Å². The molecule has 3 aromatic carbocycles. The molecule has 4 aromatic rings. The number of amides is 1. The van der Waals surface area contributed by atoms with Gasteiger partial charge in [0.1, 0.15) is 23.1 Å². The van der Waals surface area contributed by atoms with Gasteiger partial charge in [0.25, 0.3) is 5.56 Å². The Morgan fingerprint density at radius 1 is 1.03 bits per heavy atom. The molecule has 1 aromatic heterocycles. The van der Waals surface area contributed by atoms with Gasteiger partial charge in [-0.25, -0.2) is 4.79 Å². The third-order valence-corrected chi connectivity index (χ3v) is 6.02. The molecule has 0 bridgehead atoms. The average molecular weight is 534 g/mol. The highest BCUT2D eigenvalue weighted by Gasteiger charge is 2.36. The summed E-state index contributed by atoms with van der Waals surface area (Å²) < 4.78 is 48.4. The van der Waals surface area contributed by atoms with Gasteiger partial charge in [0.15, 0.2) is 0 Å². The molecule has 1 amide bonds. The molecule has 2 N–H and O–H groups in total. The molecule has 39 heavy (non-hydrogen) atoms. The first-order valence-corrected chi connectivity index (χ1v) is 11.7. The van der Waals surface area contributed by atoms with Crippen LogP contribution in [0.5, 0.6) is 11.5 Å². The molecule has 1 heterocycles. The number of pyridine rings is 1. The fraction of sp³-hybridized carbons (Fsp3) is 0.138. The van der Waals surface area contributed by atoms with Gasteiger partial charge in [-0.2, -0.15) is 18.4 Å². The van der Waals surface area contributed by atoms with E-state index in [1.807, 2.05) is 26.0 Å². The van der Waals surface area contributed by atoms with Crippen LogP contribution >= 0.6 is 0 Å². The van der Waals surface area contributed by atoms with Crippen LogP contribution in [-0.2, 0) is 12.7 Å². The highest BCUT2D eigenvalue weighted by Crippen LogP contribution is 2.34. The number of aryl methyl sites for hydroxylation is 2. The molecular formula is C29H22F3N3O4. The van der Waals surface area contributed by atoms with Crippen molar-refractivity contribution in [1.29, 1.82) is 5.26 Å². The number of anilines is 1. The fourth-order valence-electron chi connectivity index (χ4n) is 4.16. The molecule has 0 spiro atoms. The summed E-state index contributed by atoms with van der Waals surface area (Å²) in [6.07, 6.45) is -6.14. The van der Waals surface area contributed by atoms with Gasteiger partial charge in [-0.3, -0.25) is 10.1 Å². The van der Waals surface area contributed by atoms with Gasteiger partial charge >= 0.3 is 12.3 Å². The largest absolute Gasteiger partial charge is 0.465 e. The van der Waals surface area contributed by atoms with E-state index in [-0.39, 0.29) is 12.2 Å². The highest BCUT2D eigenvalue weighted by atomic mass is 19.4. The number of hydrogen-bond donors (Lipinski definition) is 2. The zero-order chi connectivity index (χ0) is 28.3. The van der Waals surface area contributed by atoms with E-state index in [9.17, 15) is 28.0 Å². The van der Waals surface area contributed by atoms with Crippen LogP contribution in [0.1, 0.15) is 27.8 Å². The lowest BCUT2D eigenvalue weighted by Crippen LogP contribution is -2.29. The van der Waals surface area contributed by atoms with Crippen LogP contribution in [0, 0.1) is 25.2 Å².